The maximum atomic E-state index is 4.62. The smallest absolute Gasteiger partial charge is 0.0624 e. The van der Waals surface area contributed by atoms with E-state index in [-0.39, 0.29) is 0 Å². The van der Waals surface area contributed by atoms with E-state index in [1.165, 1.54) is 37.1 Å². The van der Waals surface area contributed by atoms with E-state index in [2.05, 4.69) is 55.9 Å². The van der Waals surface area contributed by atoms with Crippen LogP contribution >= 0.6 is 0 Å². The molecule has 1 aromatic heterocycles. The van der Waals surface area contributed by atoms with Gasteiger partial charge in [-0.15, -0.1) is 0 Å². The molecule has 0 bridgehead atoms. The molecule has 1 aliphatic rings. The molecule has 3 atom stereocenters. The molecule has 3 nitrogen and oxygen atoms in total. The van der Waals surface area contributed by atoms with Gasteiger partial charge in [-0.05, 0) is 62.5 Å². The van der Waals surface area contributed by atoms with Crippen molar-refractivity contribution >= 4 is 0 Å². The van der Waals surface area contributed by atoms with Gasteiger partial charge in [0.1, 0.15) is 0 Å². The Bertz CT molecular complexity index is 436. The summed E-state index contributed by atoms with van der Waals surface area (Å²) in [5, 5.41) is 8.34. The largest absolute Gasteiger partial charge is 0.314 e. The Balaban J connectivity index is 2.09. The second-order valence-corrected chi connectivity index (χ2v) is 7.05. The average Bonchev–Trinajstić information content (AvgIpc) is 2.81. The van der Waals surface area contributed by atoms with Crippen molar-refractivity contribution in [3.8, 4) is 0 Å². The van der Waals surface area contributed by atoms with Crippen molar-refractivity contribution in [3.63, 3.8) is 0 Å². The van der Waals surface area contributed by atoms with E-state index in [0.29, 0.717) is 6.04 Å². The van der Waals surface area contributed by atoms with Crippen molar-refractivity contribution in [1.82, 2.24) is 15.1 Å². The average molecular weight is 291 g/mol. The molecule has 120 valence electrons. The lowest BCUT2D eigenvalue weighted by molar-refractivity contribution is 0.167. The first-order chi connectivity index (χ1) is 10.0. The van der Waals surface area contributed by atoms with Crippen LogP contribution in [0.3, 0.4) is 0 Å². The molecule has 0 spiro atoms. The predicted molar refractivity (Wildman–Crippen MR) is 89.4 cm³/mol. The van der Waals surface area contributed by atoms with Gasteiger partial charge >= 0.3 is 0 Å². The first-order valence-corrected chi connectivity index (χ1v) is 8.80. The lowest BCUT2D eigenvalue weighted by Crippen LogP contribution is -2.42. The molecule has 1 fully saturated rings. The predicted octanol–water partition coefficient (Wildman–Crippen LogP) is 3.58. The monoisotopic (exact) mass is 291 g/mol. The maximum absolute atomic E-state index is 4.62. The molecule has 1 N–H and O–H groups in total. The van der Waals surface area contributed by atoms with Crippen molar-refractivity contribution in [1.29, 1.82) is 0 Å². The van der Waals surface area contributed by atoms with E-state index in [1.54, 1.807) is 0 Å². The Labute approximate surface area is 130 Å². The van der Waals surface area contributed by atoms with E-state index in [9.17, 15) is 0 Å². The Hall–Kier alpha value is -0.830. The van der Waals surface area contributed by atoms with Gasteiger partial charge in [0.25, 0.3) is 0 Å². The SMILES string of the molecule is CCNC1CCC(C(C)C)CC1Cc1cc(CC)nn1C. The van der Waals surface area contributed by atoms with Gasteiger partial charge in [-0.25, -0.2) is 0 Å². The van der Waals surface area contributed by atoms with Crippen LogP contribution in [-0.2, 0) is 19.9 Å². The Morgan fingerprint density at radius 2 is 2.10 bits per heavy atom. The maximum Gasteiger partial charge on any atom is 0.0624 e. The minimum absolute atomic E-state index is 0.685. The third-order valence-electron chi connectivity index (χ3n) is 5.29. The standard InChI is InChI=1S/C18H33N3/c1-6-16-12-17(21(5)20-16)11-15-10-14(13(3)4)8-9-18(15)19-7-2/h12-15,18-19H,6-11H2,1-5H3. The highest BCUT2D eigenvalue weighted by Gasteiger charge is 2.31. The number of nitrogens with one attached hydrogen (secondary N) is 1. The Kier molecular flexibility index (Phi) is 5.86. The van der Waals surface area contributed by atoms with Crippen LogP contribution in [-0.4, -0.2) is 22.4 Å². The minimum atomic E-state index is 0.685. The number of aromatic nitrogens is 2. The number of rotatable bonds is 6. The number of hydrogen-bond donors (Lipinski definition) is 1. The van der Waals surface area contributed by atoms with Crippen molar-refractivity contribution in [3.05, 3.63) is 17.5 Å². The van der Waals surface area contributed by atoms with Crippen LogP contribution in [0.5, 0.6) is 0 Å². The van der Waals surface area contributed by atoms with E-state index in [0.717, 1.165) is 30.7 Å². The van der Waals surface area contributed by atoms with Crippen molar-refractivity contribution < 1.29 is 0 Å². The number of aryl methyl sites for hydroxylation is 2. The number of nitrogens with zero attached hydrogens (tertiary/aromatic N) is 2. The third-order valence-corrected chi connectivity index (χ3v) is 5.29. The van der Waals surface area contributed by atoms with Gasteiger partial charge in [-0.1, -0.05) is 27.7 Å². The van der Waals surface area contributed by atoms with Crippen LogP contribution in [0.25, 0.3) is 0 Å². The summed E-state index contributed by atoms with van der Waals surface area (Å²) < 4.78 is 2.10. The van der Waals surface area contributed by atoms with Gasteiger partial charge < -0.3 is 5.32 Å². The van der Waals surface area contributed by atoms with Crippen LogP contribution < -0.4 is 5.32 Å². The summed E-state index contributed by atoms with van der Waals surface area (Å²) in [6, 6.07) is 2.99. The molecule has 0 aliphatic heterocycles. The molecule has 0 amide bonds. The molecule has 3 heteroatoms. The molecular weight excluding hydrogens is 258 g/mol. The fraction of sp³-hybridized carbons (Fsp3) is 0.833. The van der Waals surface area contributed by atoms with Crippen molar-refractivity contribution in [2.75, 3.05) is 6.54 Å². The summed E-state index contributed by atoms with van der Waals surface area (Å²) in [5.41, 5.74) is 2.63. The summed E-state index contributed by atoms with van der Waals surface area (Å²) in [6.07, 6.45) is 6.29. The molecule has 0 saturated heterocycles. The summed E-state index contributed by atoms with van der Waals surface area (Å²) in [4.78, 5) is 0. The van der Waals surface area contributed by atoms with Crippen LogP contribution in [0.4, 0.5) is 0 Å². The van der Waals surface area contributed by atoms with Gasteiger partial charge in [0.15, 0.2) is 0 Å². The zero-order valence-electron chi connectivity index (χ0n) is 14.5. The van der Waals surface area contributed by atoms with Gasteiger partial charge in [0, 0.05) is 18.8 Å². The zero-order valence-corrected chi connectivity index (χ0v) is 14.5. The van der Waals surface area contributed by atoms with Gasteiger partial charge in [0.05, 0.1) is 5.69 Å². The Morgan fingerprint density at radius 1 is 1.33 bits per heavy atom. The van der Waals surface area contributed by atoms with Crippen LogP contribution in [0.15, 0.2) is 6.07 Å². The molecule has 1 heterocycles. The van der Waals surface area contributed by atoms with Crippen LogP contribution in [0.1, 0.15) is 58.3 Å². The van der Waals surface area contributed by atoms with Gasteiger partial charge in [0.2, 0.25) is 0 Å². The second-order valence-electron chi connectivity index (χ2n) is 7.05. The number of hydrogen-bond acceptors (Lipinski definition) is 2. The first-order valence-electron chi connectivity index (χ1n) is 8.80. The fourth-order valence-electron chi connectivity index (χ4n) is 3.87. The Morgan fingerprint density at radius 3 is 2.67 bits per heavy atom. The highest BCUT2D eigenvalue weighted by atomic mass is 15.3. The minimum Gasteiger partial charge on any atom is -0.314 e. The fourth-order valence-corrected chi connectivity index (χ4v) is 3.87. The normalized spacial score (nSPS) is 26.5. The summed E-state index contributed by atoms with van der Waals surface area (Å²) in [6.45, 7) is 10.3. The molecule has 1 aliphatic carbocycles. The molecule has 2 rings (SSSR count). The summed E-state index contributed by atoms with van der Waals surface area (Å²) >= 11 is 0. The van der Waals surface area contributed by atoms with Gasteiger partial charge in [-0.2, -0.15) is 5.10 Å². The van der Waals surface area contributed by atoms with E-state index in [1.807, 2.05) is 0 Å². The molecule has 0 aromatic carbocycles. The molecule has 1 aromatic rings. The molecule has 0 radical (unpaired) electrons. The zero-order chi connectivity index (χ0) is 15.4. The molecule has 3 unspecified atom stereocenters. The summed E-state index contributed by atoms with van der Waals surface area (Å²) in [5.74, 6) is 2.46. The highest BCUT2D eigenvalue weighted by Crippen LogP contribution is 2.35. The lowest BCUT2D eigenvalue weighted by atomic mass is 9.72. The third kappa shape index (κ3) is 4.09. The summed E-state index contributed by atoms with van der Waals surface area (Å²) in [7, 11) is 2.10. The highest BCUT2D eigenvalue weighted by molar-refractivity contribution is 5.11. The van der Waals surface area contributed by atoms with Crippen LogP contribution in [0, 0.1) is 17.8 Å². The quantitative estimate of drug-likeness (QED) is 0.868. The van der Waals surface area contributed by atoms with Crippen molar-refractivity contribution in [2.45, 2.75) is 65.8 Å². The molecular formula is C18H33N3. The van der Waals surface area contributed by atoms with E-state index >= 15 is 0 Å². The van der Waals surface area contributed by atoms with Gasteiger partial charge in [-0.3, -0.25) is 4.68 Å². The molecule has 21 heavy (non-hydrogen) atoms. The topological polar surface area (TPSA) is 29.9 Å². The second kappa shape index (κ2) is 7.44. The van der Waals surface area contributed by atoms with E-state index < -0.39 is 0 Å². The van der Waals surface area contributed by atoms with Crippen molar-refractivity contribution in [2.24, 2.45) is 24.8 Å². The first kappa shape index (κ1) is 16.5. The molecule has 1 saturated carbocycles. The lowest BCUT2D eigenvalue weighted by Gasteiger charge is -2.38. The van der Waals surface area contributed by atoms with Crippen LogP contribution in [0.2, 0.25) is 0 Å². The van der Waals surface area contributed by atoms with E-state index in [4.69, 9.17) is 0 Å².